The molecule has 1 heterocycles. The molecule has 0 aliphatic rings. The third-order valence-electron chi connectivity index (χ3n) is 2.08. The van der Waals surface area contributed by atoms with Gasteiger partial charge in [-0.05, 0) is 12.1 Å². The van der Waals surface area contributed by atoms with Gasteiger partial charge in [0.2, 0.25) is 0 Å². The lowest BCUT2D eigenvalue weighted by Crippen LogP contribution is -2.17. The maximum absolute atomic E-state index is 12.3. The predicted octanol–water partition coefficient (Wildman–Crippen LogP) is 2.01. The van der Waals surface area contributed by atoms with E-state index in [1.165, 1.54) is 11.1 Å². The van der Waals surface area contributed by atoms with Crippen LogP contribution in [-0.4, -0.2) is 29.9 Å². The maximum Gasteiger partial charge on any atom is 0.417 e. The molecule has 0 aromatic carbocycles. The van der Waals surface area contributed by atoms with Crippen LogP contribution in [0.4, 0.5) is 19.0 Å². The molecule has 0 bridgehead atoms. The fourth-order valence-corrected chi connectivity index (χ4v) is 1.22. The van der Waals surface area contributed by atoms with E-state index >= 15 is 0 Å². The Kier molecular flexibility index (Phi) is 4.69. The van der Waals surface area contributed by atoms with Crippen LogP contribution in [0.5, 0.6) is 0 Å². The largest absolute Gasteiger partial charge is 0.417 e. The molecule has 5 nitrogen and oxygen atoms in total. The van der Waals surface area contributed by atoms with Crippen LogP contribution in [0.15, 0.2) is 30.1 Å². The molecule has 1 amide bonds. The van der Waals surface area contributed by atoms with Crippen molar-refractivity contribution in [1.29, 1.82) is 5.26 Å². The smallest absolute Gasteiger partial charge is 0.382 e. The molecule has 0 spiro atoms. The number of nitrogens with one attached hydrogen (secondary N) is 1. The number of carbonyl (C=O) groups is 1. The normalized spacial score (nSPS) is 11.7. The van der Waals surface area contributed by atoms with E-state index in [-0.39, 0.29) is 11.4 Å². The minimum absolute atomic E-state index is 0.0668. The Balaban J connectivity index is 2.84. The maximum atomic E-state index is 12.3. The Morgan fingerprint density at radius 3 is 2.50 bits per heavy atom. The van der Waals surface area contributed by atoms with Gasteiger partial charge in [0.15, 0.2) is 0 Å². The van der Waals surface area contributed by atoms with E-state index in [0.717, 1.165) is 12.1 Å². The lowest BCUT2D eigenvalue weighted by atomic mass is 10.2. The highest BCUT2D eigenvalue weighted by Gasteiger charge is 2.30. The molecule has 106 valence electrons. The molecule has 0 atom stereocenters. The highest BCUT2D eigenvalue weighted by Crippen LogP contribution is 2.28. The zero-order chi connectivity index (χ0) is 15.3. The van der Waals surface area contributed by atoms with Crippen LogP contribution < -0.4 is 5.32 Å². The van der Waals surface area contributed by atoms with Crippen molar-refractivity contribution in [3.8, 4) is 6.07 Å². The fraction of sp³-hybridized carbons (Fsp3) is 0.250. The average Bonchev–Trinajstić information content (AvgIpc) is 2.35. The number of alkyl halides is 3. The standard InChI is InChI=1S/C12H11F3N4O/c1-19(2)7-8(5-16)11(20)18-10-4-3-9(6-17-10)12(13,14)15/h3-4,6-7H,1-2H3,(H,17,18,20). The van der Waals surface area contributed by atoms with Crippen molar-refractivity contribution in [2.75, 3.05) is 19.4 Å². The minimum atomic E-state index is -4.49. The topological polar surface area (TPSA) is 69.0 Å². The molecule has 0 fully saturated rings. The van der Waals surface area contributed by atoms with Crippen molar-refractivity contribution in [1.82, 2.24) is 9.88 Å². The number of aromatic nitrogens is 1. The van der Waals surface area contributed by atoms with Crippen LogP contribution in [-0.2, 0) is 11.0 Å². The molecule has 0 aliphatic carbocycles. The van der Waals surface area contributed by atoms with Gasteiger partial charge in [-0.1, -0.05) is 0 Å². The van der Waals surface area contributed by atoms with Gasteiger partial charge in [-0.25, -0.2) is 4.98 Å². The molecule has 1 aromatic heterocycles. The number of rotatable bonds is 3. The second-order valence-corrected chi connectivity index (χ2v) is 4.00. The molecule has 0 saturated heterocycles. The monoisotopic (exact) mass is 284 g/mol. The highest BCUT2D eigenvalue weighted by atomic mass is 19.4. The molecule has 1 rings (SSSR count). The molecule has 8 heteroatoms. The summed E-state index contributed by atoms with van der Waals surface area (Å²) in [6.45, 7) is 0. The Bertz CT molecular complexity index is 556. The fourth-order valence-electron chi connectivity index (χ4n) is 1.22. The summed E-state index contributed by atoms with van der Waals surface area (Å²) >= 11 is 0. The minimum Gasteiger partial charge on any atom is -0.382 e. The van der Waals surface area contributed by atoms with Crippen LogP contribution in [0.2, 0.25) is 0 Å². The second-order valence-electron chi connectivity index (χ2n) is 4.00. The van der Waals surface area contributed by atoms with Crippen molar-refractivity contribution in [3.05, 3.63) is 35.7 Å². The van der Waals surface area contributed by atoms with Gasteiger partial charge in [-0.2, -0.15) is 18.4 Å². The van der Waals surface area contributed by atoms with Gasteiger partial charge in [0.05, 0.1) is 5.56 Å². The van der Waals surface area contributed by atoms with Gasteiger partial charge in [0.25, 0.3) is 5.91 Å². The van der Waals surface area contributed by atoms with Gasteiger partial charge in [-0.15, -0.1) is 0 Å². The van der Waals surface area contributed by atoms with Gasteiger partial charge in [-0.3, -0.25) is 4.79 Å². The van der Waals surface area contributed by atoms with Crippen molar-refractivity contribution in [2.24, 2.45) is 0 Å². The van der Waals surface area contributed by atoms with Crippen molar-refractivity contribution in [3.63, 3.8) is 0 Å². The summed E-state index contributed by atoms with van der Waals surface area (Å²) in [5.41, 5.74) is -1.10. The summed E-state index contributed by atoms with van der Waals surface area (Å²) in [6.07, 6.45) is -2.59. The summed E-state index contributed by atoms with van der Waals surface area (Å²) in [4.78, 5) is 16.6. The Hall–Kier alpha value is -2.56. The highest BCUT2D eigenvalue weighted by molar-refractivity contribution is 6.05. The van der Waals surface area contributed by atoms with Crippen LogP contribution >= 0.6 is 0 Å². The summed E-state index contributed by atoms with van der Waals surface area (Å²) < 4.78 is 37.0. The number of nitrogens with zero attached hydrogens (tertiary/aromatic N) is 3. The molecular formula is C12H11F3N4O. The second kappa shape index (κ2) is 6.06. The number of amides is 1. The number of anilines is 1. The molecule has 0 aliphatic heterocycles. The van der Waals surface area contributed by atoms with Gasteiger partial charge in [0.1, 0.15) is 17.5 Å². The van der Waals surface area contributed by atoms with Crippen LogP contribution in [0.3, 0.4) is 0 Å². The number of hydrogen-bond acceptors (Lipinski definition) is 4. The molecular weight excluding hydrogens is 273 g/mol. The number of nitriles is 1. The SMILES string of the molecule is CN(C)C=C(C#N)C(=O)Nc1ccc(C(F)(F)F)cn1. The van der Waals surface area contributed by atoms with Crippen LogP contribution in [0.25, 0.3) is 0 Å². The number of carbonyl (C=O) groups excluding carboxylic acids is 1. The zero-order valence-electron chi connectivity index (χ0n) is 10.7. The lowest BCUT2D eigenvalue weighted by Gasteiger charge is -2.09. The van der Waals surface area contributed by atoms with Gasteiger partial charge in [0, 0.05) is 26.5 Å². The first-order valence-corrected chi connectivity index (χ1v) is 5.37. The number of halogens is 3. The van der Waals surface area contributed by atoms with Gasteiger partial charge < -0.3 is 10.2 Å². The van der Waals surface area contributed by atoms with Crippen molar-refractivity contribution >= 4 is 11.7 Å². The van der Waals surface area contributed by atoms with E-state index in [1.807, 2.05) is 0 Å². The molecule has 0 saturated carbocycles. The Morgan fingerprint density at radius 2 is 2.10 bits per heavy atom. The summed E-state index contributed by atoms with van der Waals surface area (Å²) in [7, 11) is 3.25. The van der Waals surface area contributed by atoms with Crippen LogP contribution in [0.1, 0.15) is 5.56 Å². The summed E-state index contributed by atoms with van der Waals surface area (Å²) in [6, 6.07) is 3.50. The van der Waals surface area contributed by atoms with E-state index in [4.69, 9.17) is 5.26 Å². The lowest BCUT2D eigenvalue weighted by molar-refractivity contribution is -0.137. The first-order chi connectivity index (χ1) is 9.24. The summed E-state index contributed by atoms with van der Waals surface area (Å²) in [5.74, 6) is -0.809. The molecule has 0 radical (unpaired) electrons. The van der Waals surface area contributed by atoms with Crippen molar-refractivity contribution < 1.29 is 18.0 Å². The first kappa shape index (κ1) is 15.5. The zero-order valence-corrected chi connectivity index (χ0v) is 10.7. The number of hydrogen-bond donors (Lipinski definition) is 1. The predicted molar refractivity (Wildman–Crippen MR) is 65.3 cm³/mol. The molecule has 20 heavy (non-hydrogen) atoms. The summed E-state index contributed by atoms with van der Waals surface area (Å²) in [5, 5.41) is 11.0. The van der Waals surface area contributed by atoms with Gasteiger partial charge >= 0.3 is 6.18 Å². The third-order valence-corrected chi connectivity index (χ3v) is 2.08. The van der Waals surface area contributed by atoms with E-state index in [0.29, 0.717) is 6.20 Å². The molecule has 1 aromatic rings. The molecule has 1 N–H and O–H groups in total. The first-order valence-electron chi connectivity index (χ1n) is 5.37. The molecule has 0 unspecified atom stereocenters. The average molecular weight is 284 g/mol. The van der Waals surface area contributed by atoms with E-state index in [1.54, 1.807) is 20.2 Å². The van der Waals surface area contributed by atoms with E-state index in [2.05, 4.69) is 10.3 Å². The quantitative estimate of drug-likeness (QED) is 0.681. The van der Waals surface area contributed by atoms with E-state index in [9.17, 15) is 18.0 Å². The van der Waals surface area contributed by atoms with Crippen molar-refractivity contribution in [2.45, 2.75) is 6.18 Å². The Morgan fingerprint density at radius 1 is 1.45 bits per heavy atom. The Labute approximate surface area is 113 Å². The van der Waals surface area contributed by atoms with E-state index < -0.39 is 17.6 Å². The number of pyridine rings is 1. The third kappa shape index (κ3) is 4.28. The van der Waals surface area contributed by atoms with Crippen LogP contribution in [0, 0.1) is 11.3 Å².